The Hall–Kier alpha value is -2.86. The normalized spacial score (nSPS) is 10.1. The highest BCUT2D eigenvalue weighted by Gasteiger charge is 2.16. The molecule has 6 nitrogen and oxygen atoms in total. The zero-order valence-corrected chi connectivity index (χ0v) is 15.2. The van der Waals surface area contributed by atoms with Crippen molar-refractivity contribution in [3.63, 3.8) is 0 Å². The van der Waals surface area contributed by atoms with E-state index in [1.165, 1.54) is 25.0 Å². The molecule has 26 heavy (non-hydrogen) atoms. The first-order chi connectivity index (χ1) is 12.4. The van der Waals surface area contributed by atoms with Crippen molar-refractivity contribution in [2.45, 2.75) is 13.5 Å². The van der Waals surface area contributed by atoms with Gasteiger partial charge in [-0.05, 0) is 29.8 Å². The quantitative estimate of drug-likeness (QED) is 0.788. The molecule has 0 bridgehead atoms. The van der Waals surface area contributed by atoms with Crippen LogP contribution >= 0.6 is 11.6 Å². The van der Waals surface area contributed by atoms with E-state index < -0.39 is 5.97 Å². The van der Waals surface area contributed by atoms with Gasteiger partial charge in [0, 0.05) is 24.2 Å². The summed E-state index contributed by atoms with van der Waals surface area (Å²) in [6.45, 7) is 1.48. The summed E-state index contributed by atoms with van der Waals surface area (Å²) in [7, 11) is 1.28. The third-order valence-electron chi connectivity index (χ3n) is 3.67. The second-order valence-electron chi connectivity index (χ2n) is 5.59. The molecule has 0 aliphatic rings. The van der Waals surface area contributed by atoms with E-state index in [0.717, 1.165) is 5.56 Å². The monoisotopic (exact) mass is 374 g/mol. The van der Waals surface area contributed by atoms with Crippen molar-refractivity contribution in [3.8, 4) is 0 Å². The van der Waals surface area contributed by atoms with E-state index >= 15 is 0 Å². The number of nitrogens with zero attached hydrogens (tertiary/aromatic N) is 1. The average Bonchev–Trinajstić information content (AvgIpc) is 2.62. The van der Waals surface area contributed by atoms with Gasteiger partial charge in [-0.2, -0.15) is 0 Å². The lowest BCUT2D eigenvalue weighted by molar-refractivity contribution is -0.133. The predicted octanol–water partition coefficient (Wildman–Crippen LogP) is 3.11. The van der Waals surface area contributed by atoms with Crippen molar-refractivity contribution in [1.29, 1.82) is 0 Å². The third-order valence-corrected chi connectivity index (χ3v) is 4.03. The van der Waals surface area contributed by atoms with E-state index in [-0.39, 0.29) is 24.9 Å². The predicted molar refractivity (Wildman–Crippen MR) is 99.0 cm³/mol. The van der Waals surface area contributed by atoms with Crippen molar-refractivity contribution in [2.75, 3.05) is 19.0 Å². The molecule has 0 spiro atoms. The molecule has 7 heteroatoms. The maximum absolute atomic E-state index is 12.3. The van der Waals surface area contributed by atoms with Crippen molar-refractivity contribution in [1.82, 2.24) is 4.90 Å². The van der Waals surface area contributed by atoms with Crippen LogP contribution in [0.4, 0.5) is 5.69 Å². The summed E-state index contributed by atoms with van der Waals surface area (Å²) < 4.78 is 4.65. The first-order valence-electron chi connectivity index (χ1n) is 7.88. The van der Waals surface area contributed by atoms with Gasteiger partial charge in [-0.15, -0.1) is 0 Å². The van der Waals surface area contributed by atoms with Crippen LogP contribution in [-0.2, 0) is 20.9 Å². The Kier molecular flexibility index (Phi) is 6.74. The number of nitrogens with one attached hydrogen (secondary N) is 1. The molecule has 2 aromatic carbocycles. The Labute approximate surface area is 156 Å². The molecule has 0 fully saturated rings. The topological polar surface area (TPSA) is 75.7 Å². The van der Waals surface area contributed by atoms with Crippen LogP contribution in [0.3, 0.4) is 0 Å². The maximum atomic E-state index is 12.3. The van der Waals surface area contributed by atoms with Gasteiger partial charge in [-0.3, -0.25) is 9.59 Å². The zero-order valence-electron chi connectivity index (χ0n) is 14.5. The lowest BCUT2D eigenvalue weighted by atomic mass is 10.2. The second-order valence-corrected chi connectivity index (χ2v) is 5.99. The van der Waals surface area contributed by atoms with Crippen molar-refractivity contribution in [2.24, 2.45) is 0 Å². The van der Waals surface area contributed by atoms with E-state index in [4.69, 9.17) is 11.6 Å². The van der Waals surface area contributed by atoms with E-state index in [2.05, 4.69) is 10.1 Å². The van der Waals surface area contributed by atoms with E-state index in [9.17, 15) is 14.4 Å². The minimum absolute atomic E-state index is 0.136. The maximum Gasteiger partial charge on any atom is 0.337 e. The van der Waals surface area contributed by atoms with Crippen LogP contribution in [0.25, 0.3) is 0 Å². The van der Waals surface area contributed by atoms with Gasteiger partial charge >= 0.3 is 5.97 Å². The molecule has 136 valence electrons. The summed E-state index contributed by atoms with van der Waals surface area (Å²) in [5.74, 6) is -1.12. The Morgan fingerprint density at radius 1 is 1.12 bits per heavy atom. The number of amides is 2. The van der Waals surface area contributed by atoms with Crippen molar-refractivity contribution < 1.29 is 19.1 Å². The summed E-state index contributed by atoms with van der Waals surface area (Å²) in [5, 5.41) is 3.21. The van der Waals surface area contributed by atoms with Crippen LogP contribution in [0.1, 0.15) is 22.8 Å². The molecule has 0 saturated carbocycles. The number of halogens is 1. The molecule has 2 aromatic rings. The Morgan fingerprint density at radius 3 is 2.50 bits per heavy atom. The molecule has 2 rings (SSSR count). The molecule has 0 heterocycles. The molecule has 1 N–H and O–H groups in total. The molecule has 2 amide bonds. The summed E-state index contributed by atoms with van der Waals surface area (Å²) in [4.78, 5) is 37.1. The zero-order chi connectivity index (χ0) is 19.1. The molecule has 0 atom stereocenters. The fraction of sp³-hybridized carbons (Fsp3) is 0.211. The van der Waals surface area contributed by atoms with Crippen LogP contribution in [0, 0.1) is 0 Å². The van der Waals surface area contributed by atoms with Gasteiger partial charge in [-0.25, -0.2) is 4.79 Å². The smallest absolute Gasteiger partial charge is 0.337 e. The Bertz CT molecular complexity index is 823. The highest BCUT2D eigenvalue weighted by molar-refractivity contribution is 6.31. The summed E-state index contributed by atoms with van der Waals surface area (Å²) in [5.41, 5.74) is 1.52. The molecular weight excluding hydrogens is 356 g/mol. The van der Waals surface area contributed by atoms with Crippen LogP contribution in [-0.4, -0.2) is 36.3 Å². The largest absolute Gasteiger partial charge is 0.465 e. The summed E-state index contributed by atoms with van der Waals surface area (Å²) >= 11 is 6.12. The standard InChI is InChI=1S/C19H19ClN2O4/c1-13(23)22(11-15-6-3-4-9-17(15)20)12-18(24)21-16-8-5-7-14(10-16)19(25)26-2/h3-10H,11-12H2,1-2H3,(H,21,24). The van der Waals surface area contributed by atoms with Gasteiger partial charge < -0.3 is 15.0 Å². The first-order valence-corrected chi connectivity index (χ1v) is 8.25. The molecular formula is C19H19ClN2O4. The fourth-order valence-corrected chi connectivity index (χ4v) is 2.52. The number of ether oxygens (including phenoxy) is 1. The van der Waals surface area contributed by atoms with E-state index in [1.54, 1.807) is 36.4 Å². The van der Waals surface area contributed by atoms with Gasteiger partial charge in [0.25, 0.3) is 0 Å². The van der Waals surface area contributed by atoms with Crippen molar-refractivity contribution in [3.05, 3.63) is 64.7 Å². The number of benzene rings is 2. The minimum Gasteiger partial charge on any atom is -0.465 e. The Balaban J connectivity index is 2.05. The van der Waals surface area contributed by atoms with Crippen molar-refractivity contribution >= 4 is 35.1 Å². The number of methoxy groups -OCH3 is 1. The van der Waals surface area contributed by atoms with Gasteiger partial charge in [0.05, 0.1) is 12.7 Å². The lowest BCUT2D eigenvalue weighted by Crippen LogP contribution is -2.36. The van der Waals surface area contributed by atoms with Gasteiger partial charge in [0.2, 0.25) is 11.8 Å². The van der Waals surface area contributed by atoms with Crippen LogP contribution < -0.4 is 5.32 Å². The number of carbonyl (C=O) groups excluding carboxylic acids is 3. The van der Waals surface area contributed by atoms with E-state index in [0.29, 0.717) is 16.3 Å². The number of carbonyl (C=O) groups is 3. The number of hydrogen-bond acceptors (Lipinski definition) is 4. The second kappa shape index (κ2) is 9.01. The molecule has 0 aromatic heterocycles. The first kappa shape index (κ1) is 19.5. The summed E-state index contributed by atoms with van der Waals surface area (Å²) in [6, 6.07) is 13.5. The molecule has 0 radical (unpaired) electrons. The highest BCUT2D eigenvalue weighted by atomic mass is 35.5. The summed E-state index contributed by atoms with van der Waals surface area (Å²) in [6.07, 6.45) is 0. The molecule has 0 saturated heterocycles. The average molecular weight is 375 g/mol. The van der Waals surface area contributed by atoms with Crippen LogP contribution in [0.5, 0.6) is 0 Å². The van der Waals surface area contributed by atoms with E-state index in [1.807, 2.05) is 6.07 Å². The SMILES string of the molecule is COC(=O)c1cccc(NC(=O)CN(Cc2ccccc2Cl)C(C)=O)c1. The van der Waals surface area contributed by atoms with Gasteiger partial charge in [0.1, 0.15) is 6.54 Å². The number of hydrogen-bond donors (Lipinski definition) is 1. The van der Waals surface area contributed by atoms with Gasteiger partial charge in [0.15, 0.2) is 0 Å². The fourth-order valence-electron chi connectivity index (χ4n) is 2.33. The number of esters is 1. The van der Waals surface area contributed by atoms with Gasteiger partial charge in [-0.1, -0.05) is 35.9 Å². The lowest BCUT2D eigenvalue weighted by Gasteiger charge is -2.21. The molecule has 0 aliphatic heterocycles. The highest BCUT2D eigenvalue weighted by Crippen LogP contribution is 2.17. The molecule has 0 unspecified atom stereocenters. The number of rotatable bonds is 6. The van der Waals surface area contributed by atoms with Crippen LogP contribution in [0.15, 0.2) is 48.5 Å². The minimum atomic E-state index is -0.495. The van der Waals surface area contributed by atoms with Crippen LogP contribution in [0.2, 0.25) is 5.02 Å². The third kappa shape index (κ3) is 5.32. The molecule has 0 aliphatic carbocycles. The number of anilines is 1. The Morgan fingerprint density at radius 2 is 1.85 bits per heavy atom.